The van der Waals surface area contributed by atoms with E-state index in [9.17, 15) is 4.79 Å². The Morgan fingerprint density at radius 2 is 2.09 bits per heavy atom. The molecule has 1 aromatic rings. The van der Waals surface area contributed by atoms with Crippen LogP contribution in [0.1, 0.15) is 33.1 Å². The van der Waals surface area contributed by atoms with E-state index >= 15 is 0 Å². The summed E-state index contributed by atoms with van der Waals surface area (Å²) in [6.45, 7) is 7.07. The summed E-state index contributed by atoms with van der Waals surface area (Å²) in [5.41, 5.74) is 1.09. The molecule has 0 radical (unpaired) electrons. The van der Waals surface area contributed by atoms with Gasteiger partial charge in [0.25, 0.3) is 0 Å². The van der Waals surface area contributed by atoms with E-state index in [1.165, 1.54) is 0 Å². The van der Waals surface area contributed by atoms with E-state index in [4.69, 9.17) is 4.74 Å². The first-order chi connectivity index (χ1) is 10.7. The van der Waals surface area contributed by atoms with Gasteiger partial charge in [0.15, 0.2) is 0 Å². The normalized spacial score (nSPS) is 15.5. The molecule has 2 N–H and O–H groups in total. The van der Waals surface area contributed by atoms with Crippen molar-refractivity contribution in [1.82, 2.24) is 10.2 Å². The third-order valence-electron chi connectivity index (χ3n) is 3.79. The summed E-state index contributed by atoms with van der Waals surface area (Å²) in [6, 6.07) is 8.57. The average Bonchev–Trinajstić information content (AvgIpc) is 2.54. The first-order valence-electron chi connectivity index (χ1n) is 8.25. The molecule has 1 aromatic carbocycles. The second-order valence-corrected chi connectivity index (χ2v) is 5.62. The lowest BCUT2D eigenvalue weighted by atomic mass is 10.0. The fraction of sp³-hybridized carbons (Fsp3) is 0.588. The largest absolute Gasteiger partial charge is 0.494 e. The highest BCUT2D eigenvalue weighted by Crippen LogP contribution is 2.21. The molecule has 0 aliphatic carbocycles. The van der Waals surface area contributed by atoms with E-state index < -0.39 is 0 Å². The number of likely N-dealkylation sites (tertiary alicyclic amines) is 1. The van der Waals surface area contributed by atoms with Gasteiger partial charge in [0.05, 0.1) is 6.61 Å². The van der Waals surface area contributed by atoms with Gasteiger partial charge in [0, 0.05) is 37.4 Å². The van der Waals surface area contributed by atoms with Crippen LogP contribution in [0.3, 0.4) is 0 Å². The molecule has 1 saturated heterocycles. The maximum absolute atomic E-state index is 11.8. The van der Waals surface area contributed by atoms with Crippen LogP contribution in [0, 0.1) is 0 Å². The highest BCUT2D eigenvalue weighted by molar-refractivity contribution is 5.74. The molecule has 0 spiro atoms. The minimum absolute atomic E-state index is 0.0518. The Hall–Kier alpha value is -1.91. The van der Waals surface area contributed by atoms with Crippen LogP contribution in [0.15, 0.2) is 24.3 Å². The molecule has 0 unspecified atom stereocenters. The van der Waals surface area contributed by atoms with Crippen molar-refractivity contribution < 1.29 is 9.53 Å². The molecule has 1 heterocycles. The summed E-state index contributed by atoms with van der Waals surface area (Å²) in [6.07, 6.45) is 2.95. The Bertz CT molecular complexity index is 471. The fourth-order valence-corrected chi connectivity index (χ4v) is 2.62. The van der Waals surface area contributed by atoms with Crippen molar-refractivity contribution in [2.45, 2.75) is 39.2 Å². The summed E-state index contributed by atoms with van der Waals surface area (Å²) in [5, 5.41) is 6.41. The Balaban J connectivity index is 1.81. The van der Waals surface area contributed by atoms with E-state index in [2.05, 4.69) is 23.6 Å². The van der Waals surface area contributed by atoms with Crippen molar-refractivity contribution in [3.8, 4) is 5.75 Å². The number of amides is 2. The zero-order valence-corrected chi connectivity index (χ0v) is 13.6. The number of piperidine rings is 1. The Morgan fingerprint density at radius 3 is 2.77 bits per heavy atom. The molecule has 0 bridgehead atoms. The molecule has 2 amide bonds. The molecule has 1 aliphatic rings. The SMILES string of the molecule is CCCOc1cccc(NC2CCN(C(=O)NCC)CC2)c1. The number of hydrogen-bond acceptors (Lipinski definition) is 3. The van der Waals surface area contributed by atoms with Gasteiger partial charge in [-0.3, -0.25) is 0 Å². The molecule has 5 nitrogen and oxygen atoms in total. The van der Waals surface area contributed by atoms with Crippen LogP contribution < -0.4 is 15.4 Å². The lowest BCUT2D eigenvalue weighted by Gasteiger charge is -2.32. The van der Waals surface area contributed by atoms with E-state index in [1.54, 1.807) is 0 Å². The number of rotatable bonds is 6. The molecular weight excluding hydrogens is 278 g/mol. The van der Waals surface area contributed by atoms with Gasteiger partial charge in [0.2, 0.25) is 0 Å². The smallest absolute Gasteiger partial charge is 0.317 e. The van der Waals surface area contributed by atoms with E-state index in [0.717, 1.165) is 50.4 Å². The third-order valence-corrected chi connectivity index (χ3v) is 3.79. The average molecular weight is 305 g/mol. The van der Waals surface area contributed by atoms with Crippen molar-refractivity contribution in [3.05, 3.63) is 24.3 Å². The van der Waals surface area contributed by atoms with Gasteiger partial charge < -0.3 is 20.3 Å². The molecule has 0 saturated carbocycles. The van der Waals surface area contributed by atoms with E-state index in [1.807, 2.05) is 30.0 Å². The van der Waals surface area contributed by atoms with Gasteiger partial charge in [-0.05, 0) is 38.3 Å². The summed E-state index contributed by atoms with van der Waals surface area (Å²) in [7, 11) is 0. The van der Waals surface area contributed by atoms with E-state index in [0.29, 0.717) is 12.6 Å². The molecule has 1 fully saturated rings. The van der Waals surface area contributed by atoms with Gasteiger partial charge in [-0.25, -0.2) is 4.79 Å². The van der Waals surface area contributed by atoms with E-state index in [-0.39, 0.29) is 6.03 Å². The second-order valence-electron chi connectivity index (χ2n) is 5.62. The van der Waals surface area contributed by atoms with Crippen LogP contribution in [0.4, 0.5) is 10.5 Å². The lowest BCUT2D eigenvalue weighted by Crippen LogP contribution is -2.46. The number of benzene rings is 1. The molecule has 122 valence electrons. The van der Waals surface area contributed by atoms with Gasteiger partial charge in [-0.15, -0.1) is 0 Å². The zero-order chi connectivity index (χ0) is 15.8. The Morgan fingerprint density at radius 1 is 1.32 bits per heavy atom. The minimum atomic E-state index is 0.0518. The number of hydrogen-bond donors (Lipinski definition) is 2. The van der Waals surface area contributed by atoms with Crippen LogP contribution in [0.25, 0.3) is 0 Å². The topological polar surface area (TPSA) is 53.6 Å². The number of ether oxygens (including phenoxy) is 1. The molecule has 0 aromatic heterocycles. The predicted octanol–water partition coefficient (Wildman–Crippen LogP) is 3.08. The highest BCUT2D eigenvalue weighted by Gasteiger charge is 2.22. The van der Waals surface area contributed by atoms with Crippen molar-refractivity contribution >= 4 is 11.7 Å². The number of nitrogens with one attached hydrogen (secondary N) is 2. The summed E-state index contributed by atoms with van der Waals surface area (Å²) < 4.78 is 5.66. The third kappa shape index (κ3) is 4.83. The zero-order valence-electron chi connectivity index (χ0n) is 13.6. The highest BCUT2D eigenvalue weighted by atomic mass is 16.5. The van der Waals surface area contributed by atoms with Crippen molar-refractivity contribution in [2.24, 2.45) is 0 Å². The minimum Gasteiger partial charge on any atom is -0.494 e. The standard InChI is InChI=1S/C17H27N3O2/c1-3-12-22-16-7-5-6-15(13-16)19-14-8-10-20(11-9-14)17(21)18-4-2/h5-7,13-14,19H,3-4,8-12H2,1-2H3,(H,18,21). The van der Waals surface area contributed by atoms with Crippen LogP contribution in [-0.2, 0) is 0 Å². The van der Waals surface area contributed by atoms with Crippen molar-refractivity contribution in [1.29, 1.82) is 0 Å². The Labute approximate surface area is 133 Å². The number of carbonyl (C=O) groups excluding carboxylic acids is 1. The maximum atomic E-state index is 11.8. The maximum Gasteiger partial charge on any atom is 0.317 e. The van der Waals surface area contributed by atoms with Crippen LogP contribution in [0.2, 0.25) is 0 Å². The quantitative estimate of drug-likeness (QED) is 0.849. The number of carbonyl (C=O) groups is 1. The van der Waals surface area contributed by atoms with Crippen LogP contribution >= 0.6 is 0 Å². The number of anilines is 1. The molecule has 5 heteroatoms. The second kappa shape index (κ2) is 8.51. The van der Waals surface area contributed by atoms with Gasteiger partial charge >= 0.3 is 6.03 Å². The molecule has 22 heavy (non-hydrogen) atoms. The predicted molar refractivity (Wildman–Crippen MR) is 89.5 cm³/mol. The first-order valence-corrected chi connectivity index (χ1v) is 8.25. The fourth-order valence-electron chi connectivity index (χ4n) is 2.62. The van der Waals surface area contributed by atoms with Crippen LogP contribution in [0.5, 0.6) is 5.75 Å². The van der Waals surface area contributed by atoms with Crippen molar-refractivity contribution in [3.63, 3.8) is 0 Å². The van der Waals surface area contributed by atoms with Gasteiger partial charge in [-0.1, -0.05) is 13.0 Å². The number of nitrogens with zero attached hydrogens (tertiary/aromatic N) is 1. The van der Waals surface area contributed by atoms with Gasteiger partial charge in [0.1, 0.15) is 5.75 Å². The summed E-state index contributed by atoms with van der Waals surface area (Å²) in [5.74, 6) is 0.909. The molecule has 2 rings (SSSR count). The molecular formula is C17H27N3O2. The van der Waals surface area contributed by atoms with Crippen LogP contribution in [-0.4, -0.2) is 43.2 Å². The Kier molecular flexibility index (Phi) is 6.37. The number of urea groups is 1. The summed E-state index contributed by atoms with van der Waals surface area (Å²) in [4.78, 5) is 13.7. The molecule has 1 aliphatic heterocycles. The molecule has 0 atom stereocenters. The first kappa shape index (κ1) is 16.5. The van der Waals surface area contributed by atoms with Gasteiger partial charge in [-0.2, -0.15) is 0 Å². The van der Waals surface area contributed by atoms with Crippen molar-refractivity contribution in [2.75, 3.05) is 31.6 Å². The monoisotopic (exact) mass is 305 g/mol. The lowest BCUT2D eigenvalue weighted by molar-refractivity contribution is 0.184. The summed E-state index contributed by atoms with van der Waals surface area (Å²) >= 11 is 0.